The number of carbonyl (C=O) groups is 2. The van der Waals surface area contributed by atoms with E-state index >= 15 is 0 Å². The van der Waals surface area contributed by atoms with Crippen molar-refractivity contribution in [1.29, 1.82) is 0 Å². The number of carbonyl (C=O) groups excluding carboxylic acids is 1. The van der Waals surface area contributed by atoms with Gasteiger partial charge in [-0.1, -0.05) is 11.6 Å². The van der Waals surface area contributed by atoms with Crippen LogP contribution in [-0.4, -0.2) is 34.9 Å². The highest BCUT2D eigenvalue weighted by molar-refractivity contribution is 6.31. The van der Waals surface area contributed by atoms with Gasteiger partial charge in [-0.05, 0) is 44.9 Å². The molecule has 132 valence electrons. The number of aliphatic carboxylic acids is 1. The number of rotatable bonds is 4. The monoisotopic (exact) mass is 358 g/mol. The van der Waals surface area contributed by atoms with Crippen molar-refractivity contribution in [2.45, 2.75) is 44.8 Å². The molecule has 0 fully saturated rings. The minimum Gasteiger partial charge on any atom is -0.479 e. The molecular formula is C16H20ClFN2O4. The minimum absolute atomic E-state index is 0.0747. The van der Waals surface area contributed by atoms with Crippen molar-refractivity contribution in [2.24, 2.45) is 0 Å². The maximum atomic E-state index is 13.6. The standard InChI is InChI=1S/C16H20ClFN2O4/c1-15(2,3)24-14(23)19-5-4-16(13(21)22)8-9-6-11(18)10(17)7-12(9)20-16/h6-7,20H,4-5,8H2,1-3H3,(H,19,23)(H,21,22). The molecule has 1 heterocycles. The van der Waals surface area contributed by atoms with E-state index in [2.05, 4.69) is 10.6 Å². The number of amides is 1. The van der Waals surface area contributed by atoms with Crippen LogP contribution >= 0.6 is 11.6 Å². The van der Waals surface area contributed by atoms with Crippen LogP contribution in [0.5, 0.6) is 0 Å². The highest BCUT2D eigenvalue weighted by Crippen LogP contribution is 2.37. The van der Waals surface area contributed by atoms with Crippen molar-refractivity contribution in [3.63, 3.8) is 0 Å². The fourth-order valence-corrected chi connectivity index (χ4v) is 2.72. The van der Waals surface area contributed by atoms with Crippen molar-refractivity contribution in [1.82, 2.24) is 5.32 Å². The third-order valence-corrected chi connectivity index (χ3v) is 3.93. The number of benzene rings is 1. The Hall–Kier alpha value is -2.02. The number of carboxylic acid groups (broad SMARTS) is 1. The number of nitrogens with one attached hydrogen (secondary N) is 2. The molecule has 3 N–H and O–H groups in total. The number of hydrogen-bond acceptors (Lipinski definition) is 4. The SMILES string of the molecule is CC(C)(C)OC(=O)NCCC1(C(=O)O)Cc2cc(F)c(Cl)cc2N1. The second kappa shape index (κ2) is 6.47. The highest BCUT2D eigenvalue weighted by atomic mass is 35.5. The first-order chi connectivity index (χ1) is 11.0. The molecule has 1 amide bonds. The predicted molar refractivity (Wildman–Crippen MR) is 88.0 cm³/mol. The molecule has 24 heavy (non-hydrogen) atoms. The van der Waals surface area contributed by atoms with E-state index in [1.165, 1.54) is 12.1 Å². The summed E-state index contributed by atoms with van der Waals surface area (Å²) in [6.07, 6.45) is -0.412. The summed E-state index contributed by atoms with van der Waals surface area (Å²) >= 11 is 5.74. The summed E-state index contributed by atoms with van der Waals surface area (Å²) in [5, 5.41) is 14.9. The van der Waals surface area contributed by atoms with Crippen LogP contribution in [0.1, 0.15) is 32.8 Å². The summed E-state index contributed by atoms with van der Waals surface area (Å²) in [6, 6.07) is 2.61. The van der Waals surface area contributed by atoms with Crippen molar-refractivity contribution < 1.29 is 23.8 Å². The Labute approximate surface area is 144 Å². The maximum Gasteiger partial charge on any atom is 0.407 e. The molecule has 0 saturated heterocycles. The van der Waals surface area contributed by atoms with Gasteiger partial charge in [-0.2, -0.15) is 0 Å². The summed E-state index contributed by atoms with van der Waals surface area (Å²) < 4.78 is 18.7. The van der Waals surface area contributed by atoms with Crippen molar-refractivity contribution in [3.05, 3.63) is 28.5 Å². The Morgan fingerprint density at radius 3 is 2.71 bits per heavy atom. The average molecular weight is 359 g/mol. The topological polar surface area (TPSA) is 87.7 Å². The fraction of sp³-hybridized carbons (Fsp3) is 0.500. The molecule has 0 bridgehead atoms. The molecule has 0 spiro atoms. The molecule has 0 radical (unpaired) electrons. The van der Waals surface area contributed by atoms with Crippen molar-refractivity contribution in [3.8, 4) is 0 Å². The quantitative estimate of drug-likeness (QED) is 0.769. The van der Waals surface area contributed by atoms with Crippen LogP contribution in [0.3, 0.4) is 0 Å². The molecule has 1 aliphatic rings. The Kier molecular flexibility index (Phi) is 4.94. The molecule has 1 aliphatic heterocycles. The minimum atomic E-state index is -1.32. The van der Waals surface area contributed by atoms with Crippen LogP contribution in [0.4, 0.5) is 14.9 Å². The van der Waals surface area contributed by atoms with Crippen LogP contribution in [0.25, 0.3) is 0 Å². The van der Waals surface area contributed by atoms with E-state index in [-0.39, 0.29) is 24.4 Å². The third-order valence-electron chi connectivity index (χ3n) is 3.64. The lowest BCUT2D eigenvalue weighted by Crippen LogP contribution is -2.47. The van der Waals surface area contributed by atoms with Crippen LogP contribution in [0.15, 0.2) is 12.1 Å². The zero-order valence-electron chi connectivity index (χ0n) is 13.7. The summed E-state index contributed by atoms with van der Waals surface area (Å²) in [5.74, 6) is -1.67. The van der Waals surface area contributed by atoms with Gasteiger partial charge in [0.25, 0.3) is 0 Å². The van der Waals surface area contributed by atoms with E-state index in [0.29, 0.717) is 11.3 Å². The normalized spacial score (nSPS) is 19.4. The van der Waals surface area contributed by atoms with Gasteiger partial charge in [-0.15, -0.1) is 0 Å². The molecule has 0 saturated carbocycles. The summed E-state index contributed by atoms with van der Waals surface area (Å²) in [7, 11) is 0. The highest BCUT2D eigenvalue weighted by Gasteiger charge is 2.44. The summed E-state index contributed by atoms with van der Waals surface area (Å²) in [4.78, 5) is 23.4. The van der Waals surface area contributed by atoms with Gasteiger partial charge < -0.3 is 20.5 Å². The van der Waals surface area contributed by atoms with Gasteiger partial charge in [0.1, 0.15) is 17.0 Å². The predicted octanol–water partition coefficient (Wildman–Crippen LogP) is 3.19. The number of hydrogen-bond donors (Lipinski definition) is 3. The van der Waals surface area contributed by atoms with Gasteiger partial charge in [0.2, 0.25) is 0 Å². The third kappa shape index (κ3) is 4.08. The van der Waals surface area contributed by atoms with Gasteiger partial charge >= 0.3 is 12.1 Å². The van der Waals surface area contributed by atoms with Gasteiger partial charge in [0.15, 0.2) is 0 Å². The Bertz CT molecular complexity index is 642. The van der Waals surface area contributed by atoms with Gasteiger partial charge in [-0.25, -0.2) is 14.0 Å². The Morgan fingerprint density at radius 2 is 2.12 bits per heavy atom. The number of carboxylic acids is 1. The molecule has 2 rings (SSSR count). The van der Waals surface area contributed by atoms with E-state index in [1.54, 1.807) is 20.8 Å². The second-order valence-corrected chi connectivity index (χ2v) is 7.20. The van der Waals surface area contributed by atoms with Crippen LogP contribution in [0.2, 0.25) is 5.02 Å². The molecule has 1 unspecified atom stereocenters. The summed E-state index contributed by atoms with van der Waals surface area (Å²) in [6.45, 7) is 5.30. The van der Waals surface area contributed by atoms with E-state index in [4.69, 9.17) is 16.3 Å². The maximum absolute atomic E-state index is 13.6. The first-order valence-electron chi connectivity index (χ1n) is 7.49. The van der Waals surface area contributed by atoms with E-state index < -0.39 is 29.0 Å². The largest absolute Gasteiger partial charge is 0.479 e. The van der Waals surface area contributed by atoms with E-state index in [1.807, 2.05) is 0 Å². The van der Waals surface area contributed by atoms with Crippen LogP contribution in [-0.2, 0) is 16.0 Å². The number of anilines is 1. The number of ether oxygens (including phenoxy) is 1. The molecule has 0 aliphatic carbocycles. The molecule has 1 aromatic carbocycles. The smallest absolute Gasteiger partial charge is 0.407 e. The average Bonchev–Trinajstić information content (AvgIpc) is 2.76. The number of halogens is 2. The lowest BCUT2D eigenvalue weighted by Gasteiger charge is -2.26. The lowest BCUT2D eigenvalue weighted by molar-refractivity contribution is -0.142. The van der Waals surface area contributed by atoms with Gasteiger partial charge in [-0.3, -0.25) is 0 Å². The van der Waals surface area contributed by atoms with E-state index in [9.17, 15) is 19.1 Å². The number of alkyl carbamates (subject to hydrolysis) is 1. The van der Waals surface area contributed by atoms with Crippen LogP contribution in [0, 0.1) is 5.82 Å². The van der Waals surface area contributed by atoms with Crippen molar-refractivity contribution >= 4 is 29.4 Å². The molecule has 8 heteroatoms. The number of fused-ring (bicyclic) bond motifs is 1. The lowest BCUT2D eigenvalue weighted by atomic mass is 9.91. The first-order valence-corrected chi connectivity index (χ1v) is 7.86. The van der Waals surface area contributed by atoms with E-state index in [0.717, 1.165) is 0 Å². The van der Waals surface area contributed by atoms with Gasteiger partial charge in [0.05, 0.1) is 5.02 Å². The van der Waals surface area contributed by atoms with Crippen molar-refractivity contribution in [2.75, 3.05) is 11.9 Å². The first kappa shape index (κ1) is 18.3. The zero-order chi connectivity index (χ0) is 18.1. The Balaban J connectivity index is 2.04. The molecule has 6 nitrogen and oxygen atoms in total. The molecule has 1 atom stereocenters. The Morgan fingerprint density at radius 1 is 1.46 bits per heavy atom. The molecular weight excluding hydrogens is 339 g/mol. The van der Waals surface area contributed by atoms with Gasteiger partial charge in [0, 0.05) is 18.7 Å². The van der Waals surface area contributed by atoms with Crippen LogP contribution < -0.4 is 10.6 Å². The zero-order valence-corrected chi connectivity index (χ0v) is 14.5. The second-order valence-electron chi connectivity index (χ2n) is 6.79. The molecule has 0 aromatic heterocycles. The molecule has 1 aromatic rings. The fourth-order valence-electron chi connectivity index (χ4n) is 2.56. The summed E-state index contributed by atoms with van der Waals surface area (Å²) in [5.41, 5.74) is -0.934.